The number of aromatic nitrogens is 1. The molecule has 24 heavy (non-hydrogen) atoms. The third kappa shape index (κ3) is 3.87. The molecule has 1 aromatic heterocycles. The summed E-state index contributed by atoms with van der Waals surface area (Å²) < 4.78 is 5.27. The van der Waals surface area contributed by atoms with Crippen LogP contribution in [0.15, 0.2) is 52.9 Å². The van der Waals surface area contributed by atoms with Crippen LogP contribution >= 0.6 is 34.5 Å². The van der Waals surface area contributed by atoms with Gasteiger partial charge in [0.05, 0.1) is 24.0 Å². The van der Waals surface area contributed by atoms with Crippen molar-refractivity contribution in [3.05, 3.63) is 63.5 Å². The number of benzene rings is 2. The molecule has 0 atom stereocenters. The number of nitrogens with zero attached hydrogens (tertiary/aromatic N) is 2. The average Bonchev–Trinajstić information content (AvgIpc) is 3.04. The Hall–Kier alpha value is -2.08. The Morgan fingerprint density at radius 1 is 1.21 bits per heavy atom. The highest BCUT2D eigenvalue weighted by molar-refractivity contribution is 7.14. The SMILES string of the molecule is COc1c(Cl)cc(Cl)cc1/C=N/Nc1nc(-c2ccccc2)cs1. The van der Waals surface area contributed by atoms with E-state index in [2.05, 4.69) is 15.5 Å². The van der Waals surface area contributed by atoms with Gasteiger partial charge in [0.1, 0.15) is 5.75 Å². The monoisotopic (exact) mass is 377 g/mol. The second-order valence-electron chi connectivity index (χ2n) is 4.78. The zero-order chi connectivity index (χ0) is 16.9. The van der Waals surface area contributed by atoms with Crippen molar-refractivity contribution < 1.29 is 4.74 Å². The van der Waals surface area contributed by atoms with Gasteiger partial charge in [-0.1, -0.05) is 53.5 Å². The highest BCUT2D eigenvalue weighted by Crippen LogP contribution is 2.31. The van der Waals surface area contributed by atoms with Crippen molar-refractivity contribution in [2.45, 2.75) is 0 Å². The van der Waals surface area contributed by atoms with Crippen molar-refractivity contribution >= 4 is 45.9 Å². The van der Waals surface area contributed by atoms with Crippen LogP contribution in [0.5, 0.6) is 5.75 Å². The summed E-state index contributed by atoms with van der Waals surface area (Å²) in [4.78, 5) is 4.50. The van der Waals surface area contributed by atoms with Gasteiger partial charge < -0.3 is 4.74 Å². The highest BCUT2D eigenvalue weighted by atomic mass is 35.5. The Morgan fingerprint density at radius 2 is 2.00 bits per heavy atom. The van der Waals surface area contributed by atoms with Crippen LogP contribution in [0.3, 0.4) is 0 Å². The van der Waals surface area contributed by atoms with Gasteiger partial charge in [0, 0.05) is 21.5 Å². The van der Waals surface area contributed by atoms with E-state index in [-0.39, 0.29) is 0 Å². The minimum absolute atomic E-state index is 0.437. The van der Waals surface area contributed by atoms with Gasteiger partial charge in [-0.2, -0.15) is 5.10 Å². The number of ether oxygens (including phenoxy) is 1. The summed E-state index contributed by atoms with van der Waals surface area (Å²) in [5, 5.41) is 7.81. The number of anilines is 1. The lowest BCUT2D eigenvalue weighted by molar-refractivity contribution is 0.414. The van der Waals surface area contributed by atoms with Crippen LogP contribution in [0.1, 0.15) is 5.56 Å². The fourth-order valence-corrected chi connectivity index (χ4v) is 3.37. The zero-order valence-corrected chi connectivity index (χ0v) is 15.0. The van der Waals surface area contributed by atoms with E-state index in [0.717, 1.165) is 11.3 Å². The minimum Gasteiger partial charge on any atom is -0.495 e. The fourth-order valence-electron chi connectivity index (χ4n) is 2.12. The normalized spacial score (nSPS) is 11.0. The predicted molar refractivity (Wildman–Crippen MR) is 102 cm³/mol. The van der Waals surface area contributed by atoms with Gasteiger partial charge in [0.2, 0.25) is 5.13 Å². The molecule has 0 saturated carbocycles. The maximum absolute atomic E-state index is 6.10. The molecule has 0 aliphatic rings. The first-order chi connectivity index (χ1) is 11.7. The van der Waals surface area contributed by atoms with Crippen LogP contribution in [0.2, 0.25) is 10.0 Å². The van der Waals surface area contributed by atoms with Gasteiger partial charge in [-0.15, -0.1) is 11.3 Å². The number of hydrogen-bond acceptors (Lipinski definition) is 5. The summed E-state index contributed by atoms with van der Waals surface area (Å²) in [5.41, 5.74) is 5.56. The average molecular weight is 378 g/mol. The lowest BCUT2D eigenvalue weighted by atomic mass is 10.2. The van der Waals surface area contributed by atoms with Gasteiger partial charge in [-0.25, -0.2) is 4.98 Å². The van der Waals surface area contributed by atoms with Gasteiger partial charge in [0.15, 0.2) is 0 Å². The van der Waals surface area contributed by atoms with E-state index in [1.807, 2.05) is 35.7 Å². The zero-order valence-electron chi connectivity index (χ0n) is 12.7. The van der Waals surface area contributed by atoms with Crippen molar-refractivity contribution in [1.29, 1.82) is 0 Å². The maximum atomic E-state index is 6.10. The van der Waals surface area contributed by atoms with Crippen LogP contribution in [0.4, 0.5) is 5.13 Å². The van der Waals surface area contributed by atoms with Crippen molar-refractivity contribution in [2.75, 3.05) is 12.5 Å². The molecule has 122 valence electrons. The molecule has 0 radical (unpaired) electrons. The fraction of sp³-hybridized carbons (Fsp3) is 0.0588. The van der Waals surface area contributed by atoms with E-state index >= 15 is 0 Å². The van der Waals surface area contributed by atoms with Gasteiger partial charge >= 0.3 is 0 Å². The van der Waals surface area contributed by atoms with Crippen LogP contribution < -0.4 is 10.2 Å². The second-order valence-corrected chi connectivity index (χ2v) is 6.49. The quantitative estimate of drug-likeness (QED) is 0.466. The smallest absolute Gasteiger partial charge is 0.203 e. The molecular formula is C17H13Cl2N3OS. The molecule has 2 aromatic carbocycles. The molecular weight excluding hydrogens is 365 g/mol. The number of hydrazone groups is 1. The second kappa shape index (κ2) is 7.66. The van der Waals surface area contributed by atoms with E-state index in [0.29, 0.717) is 26.5 Å². The Kier molecular flexibility index (Phi) is 5.35. The van der Waals surface area contributed by atoms with E-state index in [1.54, 1.807) is 25.5 Å². The van der Waals surface area contributed by atoms with Crippen molar-refractivity contribution in [3.8, 4) is 17.0 Å². The Bertz CT molecular complexity index is 866. The van der Waals surface area contributed by atoms with E-state index in [9.17, 15) is 0 Å². The molecule has 0 unspecified atom stereocenters. The Labute approximate surface area is 153 Å². The van der Waals surface area contributed by atoms with E-state index in [4.69, 9.17) is 27.9 Å². The molecule has 0 fully saturated rings. The number of rotatable bonds is 5. The van der Waals surface area contributed by atoms with Crippen LogP contribution in [0.25, 0.3) is 11.3 Å². The summed E-state index contributed by atoms with van der Waals surface area (Å²) in [5.74, 6) is 0.524. The molecule has 7 heteroatoms. The molecule has 1 N–H and O–H groups in total. The molecule has 0 bridgehead atoms. The largest absolute Gasteiger partial charge is 0.495 e. The molecule has 3 aromatic rings. The van der Waals surface area contributed by atoms with Crippen molar-refractivity contribution in [3.63, 3.8) is 0 Å². The van der Waals surface area contributed by atoms with Crippen LogP contribution in [-0.4, -0.2) is 18.3 Å². The lowest BCUT2D eigenvalue weighted by Gasteiger charge is -2.07. The molecule has 4 nitrogen and oxygen atoms in total. The van der Waals surface area contributed by atoms with Gasteiger partial charge in [-0.3, -0.25) is 5.43 Å². The molecule has 0 amide bonds. The first-order valence-corrected chi connectivity index (χ1v) is 8.64. The number of nitrogens with one attached hydrogen (secondary N) is 1. The summed E-state index contributed by atoms with van der Waals surface area (Å²) in [6, 6.07) is 13.3. The molecule has 0 spiro atoms. The Balaban J connectivity index is 1.75. The summed E-state index contributed by atoms with van der Waals surface area (Å²) in [7, 11) is 1.55. The van der Waals surface area contributed by atoms with Crippen molar-refractivity contribution in [1.82, 2.24) is 4.98 Å². The van der Waals surface area contributed by atoms with Crippen molar-refractivity contribution in [2.24, 2.45) is 5.10 Å². The molecule has 0 saturated heterocycles. The lowest BCUT2D eigenvalue weighted by Crippen LogP contribution is -1.95. The third-order valence-electron chi connectivity index (χ3n) is 3.18. The Morgan fingerprint density at radius 3 is 2.75 bits per heavy atom. The summed E-state index contributed by atoms with van der Waals surface area (Å²) in [6.07, 6.45) is 1.60. The number of halogens is 2. The third-order valence-corrected chi connectivity index (χ3v) is 4.42. The summed E-state index contributed by atoms with van der Waals surface area (Å²) in [6.45, 7) is 0. The molecule has 1 heterocycles. The minimum atomic E-state index is 0.437. The van der Waals surface area contributed by atoms with Crippen LogP contribution in [-0.2, 0) is 0 Å². The molecule has 0 aliphatic heterocycles. The summed E-state index contributed by atoms with van der Waals surface area (Å²) >= 11 is 13.6. The van der Waals surface area contributed by atoms with Gasteiger partial charge in [0.25, 0.3) is 0 Å². The number of hydrogen-bond donors (Lipinski definition) is 1. The topological polar surface area (TPSA) is 46.5 Å². The van der Waals surface area contributed by atoms with Gasteiger partial charge in [-0.05, 0) is 12.1 Å². The highest BCUT2D eigenvalue weighted by Gasteiger charge is 2.08. The standard InChI is InChI=1S/C17H13Cl2N3OS/c1-23-16-12(7-13(18)8-14(16)19)9-20-22-17-21-15(10-24-17)11-5-3-2-4-6-11/h2-10H,1H3,(H,21,22)/b20-9+. The first kappa shape index (κ1) is 16.8. The molecule has 0 aliphatic carbocycles. The number of thiazole rings is 1. The predicted octanol–water partition coefficient (Wildman–Crippen LogP) is 5.57. The molecule has 3 rings (SSSR count). The number of methoxy groups -OCH3 is 1. The maximum Gasteiger partial charge on any atom is 0.203 e. The first-order valence-electron chi connectivity index (χ1n) is 7.00. The van der Waals surface area contributed by atoms with E-state index < -0.39 is 0 Å². The van der Waals surface area contributed by atoms with E-state index in [1.165, 1.54) is 11.3 Å². The van der Waals surface area contributed by atoms with Crippen LogP contribution in [0, 0.1) is 0 Å².